The molecule has 0 radical (unpaired) electrons. The molecular weight excluding hydrogens is 350 g/mol. The number of hydrogen-bond donors (Lipinski definition) is 2. The SMILES string of the molecule is O=C(NCc1ccnc(-c2cccs2)c1)NCc1ccc2c(c1)OCO2. The first-order valence-electron chi connectivity index (χ1n) is 8.17. The first kappa shape index (κ1) is 16.4. The van der Waals surface area contributed by atoms with Gasteiger partial charge < -0.3 is 20.1 Å². The summed E-state index contributed by atoms with van der Waals surface area (Å²) in [5, 5.41) is 7.73. The first-order valence-corrected chi connectivity index (χ1v) is 9.05. The number of fused-ring (bicyclic) bond motifs is 1. The van der Waals surface area contributed by atoms with Crippen molar-refractivity contribution in [3.8, 4) is 22.1 Å². The summed E-state index contributed by atoms with van der Waals surface area (Å²) in [6.45, 7) is 1.10. The zero-order valence-electron chi connectivity index (χ0n) is 13.9. The van der Waals surface area contributed by atoms with Crippen molar-refractivity contribution in [1.29, 1.82) is 0 Å². The van der Waals surface area contributed by atoms with Gasteiger partial charge in [-0.05, 0) is 46.8 Å². The molecule has 0 atom stereocenters. The van der Waals surface area contributed by atoms with Crippen LogP contribution in [0.1, 0.15) is 11.1 Å². The second-order valence-electron chi connectivity index (χ2n) is 5.75. The third kappa shape index (κ3) is 3.78. The number of carbonyl (C=O) groups excluding carboxylic acids is 1. The van der Waals surface area contributed by atoms with Crippen molar-refractivity contribution >= 4 is 17.4 Å². The van der Waals surface area contributed by atoms with E-state index in [4.69, 9.17) is 9.47 Å². The predicted molar refractivity (Wildman–Crippen MR) is 99.2 cm³/mol. The third-order valence-electron chi connectivity index (χ3n) is 3.94. The van der Waals surface area contributed by atoms with Gasteiger partial charge in [-0.1, -0.05) is 12.1 Å². The lowest BCUT2D eigenvalue weighted by Gasteiger charge is -2.09. The number of hydrogen-bond acceptors (Lipinski definition) is 5. The fourth-order valence-corrected chi connectivity index (χ4v) is 3.31. The summed E-state index contributed by atoms with van der Waals surface area (Å²) in [7, 11) is 0. The van der Waals surface area contributed by atoms with E-state index in [1.165, 1.54) is 0 Å². The number of rotatable bonds is 5. The van der Waals surface area contributed by atoms with Gasteiger partial charge in [-0.3, -0.25) is 4.98 Å². The molecule has 3 aromatic rings. The zero-order chi connectivity index (χ0) is 17.8. The number of benzene rings is 1. The van der Waals surface area contributed by atoms with Crippen LogP contribution in [-0.4, -0.2) is 17.8 Å². The molecule has 7 heteroatoms. The second-order valence-corrected chi connectivity index (χ2v) is 6.70. The highest BCUT2D eigenvalue weighted by Crippen LogP contribution is 2.32. The van der Waals surface area contributed by atoms with Gasteiger partial charge in [0.05, 0.1) is 10.6 Å². The Morgan fingerprint density at radius 1 is 1.04 bits per heavy atom. The van der Waals surface area contributed by atoms with Crippen LogP contribution in [0.2, 0.25) is 0 Å². The van der Waals surface area contributed by atoms with E-state index in [9.17, 15) is 4.79 Å². The van der Waals surface area contributed by atoms with Gasteiger partial charge in [0.2, 0.25) is 6.79 Å². The summed E-state index contributed by atoms with van der Waals surface area (Å²) in [4.78, 5) is 17.5. The number of thiophene rings is 1. The Balaban J connectivity index is 1.30. The van der Waals surface area contributed by atoms with Gasteiger partial charge >= 0.3 is 6.03 Å². The molecule has 132 valence electrons. The lowest BCUT2D eigenvalue weighted by molar-refractivity contribution is 0.174. The van der Waals surface area contributed by atoms with Crippen molar-refractivity contribution in [2.75, 3.05) is 6.79 Å². The van der Waals surface area contributed by atoms with Crippen LogP contribution in [0, 0.1) is 0 Å². The van der Waals surface area contributed by atoms with E-state index in [0.29, 0.717) is 18.8 Å². The molecule has 1 aliphatic rings. The topological polar surface area (TPSA) is 72.5 Å². The highest BCUT2D eigenvalue weighted by atomic mass is 32.1. The average Bonchev–Trinajstić information content (AvgIpc) is 3.36. The molecule has 0 bridgehead atoms. The quantitative estimate of drug-likeness (QED) is 0.723. The maximum Gasteiger partial charge on any atom is 0.315 e. The van der Waals surface area contributed by atoms with Crippen molar-refractivity contribution in [3.05, 3.63) is 65.2 Å². The molecule has 4 rings (SSSR count). The minimum absolute atomic E-state index is 0.225. The average molecular weight is 367 g/mol. The minimum Gasteiger partial charge on any atom is -0.454 e. The minimum atomic E-state index is -0.225. The number of nitrogens with one attached hydrogen (secondary N) is 2. The highest BCUT2D eigenvalue weighted by molar-refractivity contribution is 7.13. The number of pyridine rings is 1. The Hall–Kier alpha value is -3.06. The van der Waals surface area contributed by atoms with Crippen LogP contribution in [0.15, 0.2) is 54.0 Å². The molecule has 2 aromatic heterocycles. The van der Waals surface area contributed by atoms with E-state index in [2.05, 4.69) is 15.6 Å². The molecule has 0 unspecified atom stereocenters. The van der Waals surface area contributed by atoms with Crippen LogP contribution in [-0.2, 0) is 13.1 Å². The summed E-state index contributed by atoms with van der Waals surface area (Å²) in [5.41, 5.74) is 2.87. The largest absolute Gasteiger partial charge is 0.454 e. The summed E-state index contributed by atoms with van der Waals surface area (Å²) in [5.74, 6) is 1.44. The number of carbonyl (C=O) groups is 1. The Morgan fingerprint density at radius 2 is 1.85 bits per heavy atom. The molecule has 6 nitrogen and oxygen atoms in total. The number of ether oxygens (including phenoxy) is 2. The van der Waals surface area contributed by atoms with E-state index >= 15 is 0 Å². The van der Waals surface area contributed by atoms with Gasteiger partial charge in [-0.25, -0.2) is 4.79 Å². The highest BCUT2D eigenvalue weighted by Gasteiger charge is 2.13. The molecule has 0 fully saturated rings. The number of urea groups is 1. The van der Waals surface area contributed by atoms with Crippen molar-refractivity contribution in [1.82, 2.24) is 15.6 Å². The summed E-state index contributed by atoms with van der Waals surface area (Å²) >= 11 is 1.64. The normalized spacial score (nSPS) is 12.0. The van der Waals surface area contributed by atoms with Crippen LogP contribution in [0.25, 0.3) is 10.6 Å². The van der Waals surface area contributed by atoms with Gasteiger partial charge in [-0.15, -0.1) is 11.3 Å². The summed E-state index contributed by atoms with van der Waals surface area (Å²) in [6, 6.07) is 13.3. The second kappa shape index (κ2) is 7.45. The third-order valence-corrected chi connectivity index (χ3v) is 4.83. The Bertz CT molecular complexity index is 912. The molecule has 1 aliphatic heterocycles. The van der Waals surface area contributed by atoms with Gasteiger partial charge in [0.25, 0.3) is 0 Å². The van der Waals surface area contributed by atoms with Crippen LogP contribution >= 0.6 is 11.3 Å². The molecular formula is C19H17N3O3S. The van der Waals surface area contributed by atoms with E-state index < -0.39 is 0 Å². The van der Waals surface area contributed by atoms with Gasteiger partial charge in [0.15, 0.2) is 11.5 Å². The maximum absolute atomic E-state index is 12.0. The van der Waals surface area contributed by atoms with E-state index in [1.807, 2.05) is 47.8 Å². The molecule has 2 amide bonds. The van der Waals surface area contributed by atoms with Crippen LogP contribution < -0.4 is 20.1 Å². The number of aromatic nitrogens is 1. The lowest BCUT2D eigenvalue weighted by atomic mass is 10.2. The Kier molecular flexibility index (Phi) is 4.70. The van der Waals surface area contributed by atoms with Gasteiger partial charge in [-0.2, -0.15) is 0 Å². The molecule has 3 heterocycles. The number of amides is 2. The zero-order valence-corrected chi connectivity index (χ0v) is 14.7. The van der Waals surface area contributed by atoms with E-state index in [1.54, 1.807) is 17.5 Å². The molecule has 0 spiro atoms. The van der Waals surface area contributed by atoms with Gasteiger partial charge in [0.1, 0.15) is 0 Å². The fraction of sp³-hybridized carbons (Fsp3) is 0.158. The van der Waals surface area contributed by atoms with Crippen molar-refractivity contribution in [2.45, 2.75) is 13.1 Å². The molecule has 2 N–H and O–H groups in total. The molecule has 0 saturated carbocycles. The van der Waals surface area contributed by atoms with E-state index in [-0.39, 0.29) is 12.8 Å². The Labute approximate surface area is 154 Å². The van der Waals surface area contributed by atoms with E-state index in [0.717, 1.165) is 27.4 Å². The molecule has 26 heavy (non-hydrogen) atoms. The lowest BCUT2D eigenvalue weighted by Crippen LogP contribution is -2.34. The maximum atomic E-state index is 12.0. The standard InChI is InChI=1S/C19H17N3O3S/c23-19(21-10-13-3-4-16-17(9-13)25-12-24-16)22-11-14-5-6-20-15(8-14)18-2-1-7-26-18/h1-9H,10-12H2,(H2,21,22,23). The smallest absolute Gasteiger partial charge is 0.315 e. The predicted octanol–water partition coefficient (Wildman–Crippen LogP) is 3.54. The first-order chi connectivity index (χ1) is 12.8. The van der Waals surface area contributed by atoms with Crippen molar-refractivity contribution in [3.63, 3.8) is 0 Å². The van der Waals surface area contributed by atoms with Crippen LogP contribution in [0.5, 0.6) is 11.5 Å². The van der Waals surface area contributed by atoms with Crippen molar-refractivity contribution < 1.29 is 14.3 Å². The summed E-state index contributed by atoms with van der Waals surface area (Å²) < 4.78 is 10.6. The van der Waals surface area contributed by atoms with Gasteiger partial charge in [0, 0.05) is 19.3 Å². The fourth-order valence-electron chi connectivity index (χ4n) is 2.62. The molecule has 1 aromatic carbocycles. The molecule has 0 saturated heterocycles. The van der Waals surface area contributed by atoms with Crippen LogP contribution in [0.3, 0.4) is 0 Å². The Morgan fingerprint density at radius 3 is 2.65 bits per heavy atom. The monoisotopic (exact) mass is 367 g/mol. The number of nitrogens with zero attached hydrogens (tertiary/aromatic N) is 1. The molecule has 0 aliphatic carbocycles. The summed E-state index contributed by atoms with van der Waals surface area (Å²) in [6.07, 6.45) is 1.76. The van der Waals surface area contributed by atoms with Crippen molar-refractivity contribution in [2.24, 2.45) is 0 Å². The van der Waals surface area contributed by atoms with Crippen LogP contribution in [0.4, 0.5) is 4.79 Å².